The molecule has 2 heterocycles. The highest BCUT2D eigenvalue weighted by Gasteiger charge is 2.38. The molecule has 4 atom stereocenters. The minimum Gasteiger partial charge on any atom is -0.392 e. The van der Waals surface area contributed by atoms with Crippen LogP contribution in [0.2, 0.25) is 0 Å². The van der Waals surface area contributed by atoms with E-state index in [4.69, 9.17) is 9.47 Å². The first-order valence-corrected chi connectivity index (χ1v) is 11.4. The Labute approximate surface area is 190 Å². The summed E-state index contributed by atoms with van der Waals surface area (Å²) in [6, 6.07) is 15.3. The number of rotatable bonds is 7. The maximum absolute atomic E-state index is 11.3. The fraction of sp³-hybridized carbons (Fsp3) is 0.348. The van der Waals surface area contributed by atoms with Gasteiger partial charge < -0.3 is 19.9 Å². The Morgan fingerprint density at radius 2 is 1.84 bits per heavy atom. The highest BCUT2D eigenvalue weighted by Crippen LogP contribution is 2.42. The van der Waals surface area contributed by atoms with Gasteiger partial charge in [-0.3, -0.25) is 9.89 Å². The molecule has 1 amide bonds. The molecule has 4 rings (SSSR count). The molecule has 0 spiro atoms. The zero-order chi connectivity index (χ0) is 22.5. The summed E-state index contributed by atoms with van der Waals surface area (Å²) in [5, 5.41) is 19.7. The number of H-pyrrole nitrogens is 1. The number of carbonyl (C=O) groups is 1. The minimum absolute atomic E-state index is 0.00415. The molecule has 1 aromatic heterocycles. The number of aliphatic hydroxyl groups is 1. The average molecular weight is 455 g/mol. The molecule has 2 aromatic carbocycles. The SMILES string of the molecule is CC(=O)Nc1ccc(C2OC(CSc3ncn[nH]3)C(C)C(c3ccc(CO)cc3)O2)cc1. The van der Waals surface area contributed by atoms with Gasteiger partial charge in [-0.2, -0.15) is 5.10 Å². The second-order valence-electron chi connectivity index (χ2n) is 7.73. The lowest BCUT2D eigenvalue weighted by molar-refractivity contribution is -0.268. The summed E-state index contributed by atoms with van der Waals surface area (Å²) < 4.78 is 12.8. The molecule has 1 aliphatic heterocycles. The van der Waals surface area contributed by atoms with Gasteiger partial charge >= 0.3 is 0 Å². The number of nitrogens with one attached hydrogen (secondary N) is 2. The molecule has 0 aliphatic carbocycles. The average Bonchev–Trinajstić information content (AvgIpc) is 3.32. The molecular formula is C23H26N4O4S. The molecule has 9 heteroatoms. The summed E-state index contributed by atoms with van der Waals surface area (Å²) in [4.78, 5) is 15.5. The Bertz CT molecular complexity index is 1010. The smallest absolute Gasteiger partial charge is 0.221 e. The van der Waals surface area contributed by atoms with Crippen LogP contribution < -0.4 is 5.32 Å². The predicted octanol–water partition coefficient (Wildman–Crippen LogP) is 3.84. The van der Waals surface area contributed by atoms with Crippen molar-refractivity contribution in [2.75, 3.05) is 11.1 Å². The molecule has 1 fully saturated rings. The monoisotopic (exact) mass is 454 g/mol. The quantitative estimate of drug-likeness (QED) is 0.465. The first kappa shape index (κ1) is 22.5. The number of nitrogens with zero attached hydrogens (tertiary/aromatic N) is 2. The normalized spacial score (nSPS) is 23.1. The Kier molecular flexibility index (Phi) is 7.21. The number of ether oxygens (including phenoxy) is 2. The Hall–Kier alpha value is -2.72. The molecule has 3 N–H and O–H groups in total. The number of carbonyl (C=O) groups excluding carboxylic acids is 1. The van der Waals surface area contributed by atoms with Crippen molar-refractivity contribution < 1.29 is 19.4 Å². The number of aromatic nitrogens is 3. The summed E-state index contributed by atoms with van der Waals surface area (Å²) in [5.74, 6) is 0.652. The number of amides is 1. The van der Waals surface area contributed by atoms with Crippen LogP contribution in [0, 0.1) is 5.92 Å². The molecule has 3 aromatic rings. The van der Waals surface area contributed by atoms with Crippen LogP contribution in [-0.2, 0) is 20.9 Å². The Balaban J connectivity index is 1.56. The second-order valence-corrected chi connectivity index (χ2v) is 8.74. The third-order valence-electron chi connectivity index (χ3n) is 5.40. The highest BCUT2D eigenvalue weighted by atomic mass is 32.2. The molecule has 8 nitrogen and oxygen atoms in total. The summed E-state index contributed by atoms with van der Waals surface area (Å²) in [6.07, 6.45) is 0.653. The van der Waals surface area contributed by atoms with E-state index in [2.05, 4.69) is 27.4 Å². The molecule has 0 saturated carbocycles. The van der Waals surface area contributed by atoms with Crippen LogP contribution in [0.25, 0.3) is 0 Å². The van der Waals surface area contributed by atoms with Gasteiger partial charge in [0.05, 0.1) is 18.8 Å². The van der Waals surface area contributed by atoms with Crippen molar-refractivity contribution in [1.29, 1.82) is 0 Å². The number of hydrogen-bond acceptors (Lipinski definition) is 7. The van der Waals surface area contributed by atoms with Crippen LogP contribution in [0.1, 0.15) is 42.9 Å². The number of thioether (sulfide) groups is 1. The predicted molar refractivity (Wildman–Crippen MR) is 121 cm³/mol. The Morgan fingerprint density at radius 1 is 1.12 bits per heavy atom. The maximum Gasteiger partial charge on any atom is 0.221 e. The van der Waals surface area contributed by atoms with Crippen molar-refractivity contribution in [3.8, 4) is 0 Å². The van der Waals surface area contributed by atoms with Gasteiger partial charge in [-0.1, -0.05) is 55.1 Å². The fourth-order valence-electron chi connectivity index (χ4n) is 3.66. The molecule has 1 saturated heterocycles. The highest BCUT2D eigenvalue weighted by molar-refractivity contribution is 7.99. The van der Waals surface area contributed by atoms with Crippen molar-refractivity contribution in [3.63, 3.8) is 0 Å². The largest absolute Gasteiger partial charge is 0.392 e. The number of aliphatic hydroxyl groups excluding tert-OH is 1. The minimum atomic E-state index is -0.555. The maximum atomic E-state index is 11.3. The van der Waals surface area contributed by atoms with E-state index in [0.717, 1.165) is 27.5 Å². The summed E-state index contributed by atoms with van der Waals surface area (Å²) in [6.45, 7) is 3.60. The van der Waals surface area contributed by atoms with Crippen LogP contribution in [-0.4, -0.2) is 38.1 Å². The van der Waals surface area contributed by atoms with E-state index in [0.29, 0.717) is 5.75 Å². The van der Waals surface area contributed by atoms with E-state index in [1.165, 1.54) is 13.3 Å². The lowest BCUT2D eigenvalue weighted by atomic mass is 9.91. The van der Waals surface area contributed by atoms with E-state index in [1.54, 1.807) is 11.8 Å². The van der Waals surface area contributed by atoms with E-state index in [1.807, 2.05) is 48.5 Å². The molecule has 32 heavy (non-hydrogen) atoms. The molecule has 0 bridgehead atoms. The third-order valence-corrected chi connectivity index (χ3v) is 6.37. The van der Waals surface area contributed by atoms with Gasteiger partial charge in [0.25, 0.3) is 0 Å². The summed E-state index contributed by atoms with van der Waals surface area (Å²) in [7, 11) is 0. The van der Waals surface area contributed by atoms with Gasteiger partial charge in [0.15, 0.2) is 11.4 Å². The number of anilines is 1. The second kappa shape index (κ2) is 10.3. The number of benzene rings is 2. The van der Waals surface area contributed by atoms with E-state index >= 15 is 0 Å². The van der Waals surface area contributed by atoms with E-state index in [9.17, 15) is 9.90 Å². The molecule has 1 aliphatic rings. The van der Waals surface area contributed by atoms with Gasteiger partial charge in [0.1, 0.15) is 6.33 Å². The van der Waals surface area contributed by atoms with Crippen LogP contribution in [0.4, 0.5) is 5.69 Å². The lowest BCUT2D eigenvalue weighted by Gasteiger charge is -2.41. The fourth-order valence-corrected chi connectivity index (χ4v) is 4.60. The van der Waals surface area contributed by atoms with E-state index in [-0.39, 0.29) is 30.6 Å². The van der Waals surface area contributed by atoms with Gasteiger partial charge in [0.2, 0.25) is 5.91 Å². The first-order valence-electron chi connectivity index (χ1n) is 10.4. The zero-order valence-electron chi connectivity index (χ0n) is 17.9. The van der Waals surface area contributed by atoms with Crippen LogP contribution in [0.3, 0.4) is 0 Å². The van der Waals surface area contributed by atoms with Gasteiger partial charge in [0, 0.05) is 29.8 Å². The van der Waals surface area contributed by atoms with Crippen molar-refractivity contribution in [1.82, 2.24) is 15.2 Å². The lowest BCUT2D eigenvalue weighted by Crippen LogP contribution is -2.38. The van der Waals surface area contributed by atoms with Crippen molar-refractivity contribution >= 4 is 23.4 Å². The van der Waals surface area contributed by atoms with Crippen molar-refractivity contribution in [2.24, 2.45) is 5.92 Å². The van der Waals surface area contributed by atoms with Gasteiger partial charge in [-0.15, -0.1) is 0 Å². The van der Waals surface area contributed by atoms with Crippen LogP contribution in [0.15, 0.2) is 60.0 Å². The third kappa shape index (κ3) is 5.36. The van der Waals surface area contributed by atoms with E-state index < -0.39 is 6.29 Å². The van der Waals surface area contributed by atoms with Crippen molar-refractivity contribution in [3.05, 3.63) is 71.5 Å². The molecule has 0 radical (unpaired) electrons. The summed E-state index contributed by atoms with van der Waals surface area (Å²) in [5.41, 5.74) is 3.49. The van der Waals surface area contributed by atoms with Gasteiger partial charge in [-0.25, -0.2) is 4.98 Å². The topological polar surface area (TPSA) is 109 Å². The number of aromatic amines is 1. The summed E-state index contributed by atoms with van der Waals surface area (Å²) >= 11 is 1.56. The zero-order valence-corrected chi connectivity index (χ0v) is 18.7. The first-order chi connectivity index (χ1) is 15.5. The molecule has 4 unspecified atom stereocenters. The van der Waals surface area contributed by atoms with Crippen LogP contribution >= 0.6 is 11.8 Å². The Morgan fingerprint density at radius 3 is 2.47 bits per heavy atom. The molecule has 168 valence electrons. The number of hydrogen-bond donors (Lipinski definition) is 3. The standard InChI is InChI=1S/C23H26N4O4S/c1-14-20(12-32-23-24-13-25-27-23)30-22(18-7-9-19(10-8-18)26-15(2)29)31-21(14)17-5-3-16(11-28)4-6-17/h3-10,13-14,20-22,28H,11-12H2,1-2H3,(H,26,29)(H,24,25,27). The van der Waals surface area contributed by atoms with Crippen LogP contribution in [0.5, 0.6) is 0 Å². The molecular weight excluding hydrogens is 428 g/mol. The van der Waals surface area contributed by atoms with Crippen molar-refractivity contribution in [2.45, 2.75) is 44.1 Å². The van der Waals surface area contributed by atoms with Gasteiger partial charge in [-0.05, 0) is 23.3 Å².